The maximum absolute atomic E-state index is 6.05. The van der Waals surface area contributed by atoms with E-state index in [0.29, 0.717) is 39.6 Å². The average molecular weight is 1690 g/mol. The maximum atomic E-state index is 6.05. The second-order valence-corrected chi connectivity index (χ2v) is 33.6. The molecule has 118 heavy (non-hydrogen) atoms. The van der Waals surface area contributed by atoms with Crippen LogP contribution < -0.4 is 43.6 Å². The van der Waals surface area contributed by atoms with Gasteiger partial charge in [-0.3, -0.25) is 0 Å². The van der Waals surface area contributed by atoms with Crippen molar-refractivity contribution in [2.45, 2.75) is 153 Å². The van der Waals surface area contributed by atoms with E-state index in [0.717, 1.165) is 50.2 Å². The van der Waals surface area contributed by atoms with E-state index in [1.54, 1.807) is 0 Å². The Labute approximate surface area is 740 Å². The summed E-state index contributed by atoms with van der Waals surface area (Å²) in [5.41, 5.74) is 15.0. The van der Waals surface area contributed by atoms with Crippen LogP contribution in [0.1, 0.15) is 151 Å². The summed E-state index contributed by atoms with van der Waals surface area (Å²) in [7, 11) is -5.68. The third-order valence-corrected chi connectivity index (χ3v) is 24.8. The van der Waals surface area contributed by atoms with Gasteiger partial charge in [0.2, 0.25) is 0 Å². The van der Waals surface area contributed by atoms with Crippen molar-refractivity contribution in [2.24, 2.45) is 0 Å². The van der Waals surface area contributed by atoms with E-state index < -0.39 is 16.9 Å². The first-order chi connectivity index (χ1) is 56.5. The van der Waals surface area contributed by atoms with Crippen LogP contribution in [0.25, 0.3) is 0 Å². The van der Waals surface area contributed by atoms with Crippen LogP contribution in [-0.4, -0.2) is 65.0 Å². The summed E-state index contributed by atoms with van der Waals surface area (Å²) in [6, 6.07) is 119. The van der Waals surface area contributed by atoms with Crippen molar-refractivity contribution in [1.29, 1.82) is 0 Å². The molecule has 0 bridgehead atoms. The Hall–Kier alpha value is -8.53. The minimum atomic E-state index is -2.91. The van der Waals surface area contributed by atoms with Gasteiger partial charge in [-0.1, -0.05) is 318 Å². The molecule has 617 valence electrons. The van der Waals surface area contributed by atoms with Crippen molar-refractivity contribution in [2.75, 3.05) is 59.2 Å². The summed E-state index contributed by atoms with van der Waals surface area (Å²) in [5.74, 6) is 0. The Balaban J connectivity index is 0.000000299. The van der Waals surface area contributed by atoms with Crippen LogP contribution in [0.15, 0.2) is 350 Å². The van der Waals surface area contributed by atoms with Crippen molar-refractivity contribution in [3.05, 3.63) is 363 Å². The summed E-state index contributed by atoms with van der Waals surface area (Å²) >= 11 is 9.40. The SMILES string of the molecule is Brc1ccc(N(c2ccccc2)c2ccccc2)cc1.C.C1CCC1.C1CCC1.C1CCC1.CCO[Si](Cl)(OCC)OCC.CCO[Si](OCC)(OCC)c1ccc(N(c2ccccc2)c2ccccc2)cc1.Cc1ccc(N(c2ccccc2)c2ccccc2)cc1.[B].[CH2-]CCC.[Li+].c1ccc(N(c2ccccc2)c2ccccc2)cc1. The van der Waals surface area contributed by atoms with E-state index in [9.17, 15) is 0 Å². The second kappa shape index (κ2) is 60.9. The van der Waals surface area contributed by atoms with Crippen molar-refractivity contribution in [3.63, 3.8) is 0 Å². The second-order valence-electron chi connectivity index (χ2n) is 27.0. The Morgan fingerprint density at radius 2 is 0.441 bits per heavy atom. The normalized spacial score (nSPS) is 11.7. The predicted molar refractivity (Wildman–Crippen MR) is 512 cm³/mol. The van der Waals surface area contributed by atoms with Crippen LogP contribution in [-0.2, 0) is 26.6 Å². The number of anilines is 12. The van der Waals surface area contributed by atoms with E-state index in [2.05, 4.69) is 347 Å². The van der Waals surface area contributed by atoms with Crippen molar-refractivity contribution >= 4 is 126 Å². The van der Waals surface area contributed by atoms with Gasteiger partial charge in [-0.15, -0.1) is 0 Å². The molecule has 0 saturated heterocycles. The monoisotopic (exact) mass is 1690 g/mol. The van der Waals surface area contributed by atoms with Gasteiger partial charge in [-0.05, 0) is 206 Å². The third kappa shape index (κ3) is 35.8. The number of para-hydroxylation sites is 9. The number of aryl methyl sites for hydroxylation is 1. The van der Waals surface area contributed by atoms with Crippen LogP contribution in [0.3, 0.4) is 0 Å². The van der Waals surface area contributed by atoms with Gasteiger partial charge in [-0.25, -0.2) is 0 Å². The molecule has 0 amide bonds. The molecule has 0 N–H and O–H groups in total. The van der Waals surface area contributed by atoms with Crippen LogP contribution in [0.2, 0.25) is 0 Å². The quantitative estimate of drug-likeness (QED) is 0.0297. The molecule has 0 heterocycles. The van der Waals surface area contributed by atoms with Crippen molar-refractivity contribution in [1.82, 2.24) is 0 Å². The molecule has 15 rings (SSSR count). The van der Waals surface area contributed by atoms with Gasteiger partial charge in [0.05, 0.1) is 0 Å². The first-order valence-corrected chi connectivity index (χ1v) is 46.6. The molecule has 16 heteroatoms. The largest absolute Gasteiger partial charge is 1.00 e. The molecular formula is C102H127BBrClLiN4O6Si2. The molecular weight excluding hydrogens is 1570 g/mol. The molecule has 3 aliphatic rings. The Bertz CT molecular complexity index is 3960. The van der Waals surface area contributed by atoms with Crippen LogP contribution in [0, 0.1) is 13.8 Å². The molecule has 3 aliphatic carbocycles. The summed E-state index contributed by atoms with van der Waals surface area (Å²) in [6.07, 6.45) is 20.3. The predicted octanol–water partition coefficient (Wildman–Crippen LogP) is 27.3. The number of benzene rings is 12. The van der Waals surface area contributed by atoms with Gasteiger partial charge in [0.25, 0.3) is 0 Å². The van der Waals surface area contributed by atoms with E-state index in [-0.39, 0.29) is 34.7 Å². The average Bonchev–Trinajstić information content (AvgIpc) is 0.859. The zero-order valence-corrected chi connectivity index (χ0v) is 75.2. The Morgan fingerprint density at radius 1 is 0.280 bits per heavy atom. The molecule has 0 atom stereocenters. The molecule has 3 radical (unpaired) electrons. The fourth-order valence-corrected chi connectivity index (χ4v) is 16.4. The van der Waals surface area contributed by atoms with Crippen molar-refractivity contribution < 1.29 is 45.4 Å². The standard InChI is InChI=1S/C24H29NO3Si.C19H17N.C18H14BrN.C18H15N.C6H15ClO3Si.3C4H8.C4H9.CH4.B.Li/c1-4-26-29(27-5-2,28-6-3)24-19-17-23(18-20-24)25(21-13-9-7-10-14-21)22-15-11-8-12-16-22;1-16-12-14-19(15-13-16)20(17-8-4-2-5-9-17)18-10-6-3-7-11-18;19-15-11-13-18(14-12-15)20(16-7-3-1-4-8-16)17-9-5-2-6-10-17;1-4-10-16(11-5-1)19(17-12-6-2-7-13-17)18-14-8-3-9-15-18;1-4-8-11(7,9-5-2)10-6-3;3*1-2-4-3-1;1-3-4-2;;;/h7-20H,4-6H2,1-3H3;2-15H,1H3;1-14H;1-15H;4-6H2,1-3H3;3*1-4H2;1,3-4H2,2H3;1H4;;/q;;;;;;;;-1;;;+1. The minimum Gasteiger partial charge on any atom is -0.370 e. The Morgan fingerprint density at radius 3 is 0.602 bits per heavy atom. The zero-order chi connectivity index (χ0) is 81.7. The van der Waals surface area contributed by atoms with E-state index >= 15 is 0 Å². The molecule has 3 saturated carbocycles. The van der Waals surface area contributed by atoms with Crippen LogP contribution in [0.4, 0.5) is 68.2 Å². The van der Waals surface area contributed by atoms with Gasteiger partial charge in [0.1, 0.15) is 0 Å². The van der Waals surface area contributed by atoms with Crippen LogP contribution >= 0.6 is 27.0 Å². The molecule has 0 aliphatic heterocycles. The fourth-order valence-electron chi connectivity index (χ4n) is 11.4. The van der Waals surface area contributed by atoms with Crippen molar-refractivity contribution in [3.8, 4) is 0 Å². The molecule has 12 aromatic rings. The molecule has 0 spiro atoms. The molecule has 12 aromatic carbocycles. The topological polar surface area (TPSA) is 68.3 Å². The van der Waals surface area contributed by atoms with Gasteiger partial charge >= 0.3 is 35.8 Å². The van der Waals surface area contributed by atoms with Gasteiger partial charge in [0.15, 0.2) is 0 Å². The molecule has 10 nitrogen and oxygen atoms in total. The summed E-state index contributed by atoms with van der Waals surface area (Å²) in [5, 5.41) is 0.980. The fraction of sp³-hybridized carbons (Fsp3) is 0.284. The van der Waals surface area contributed by atoms with E-state index in [4.69, 9.17) is 37.6 Å². The maximum Gasteiger partial charge on any atom is 1.00 e. The minimum absolute atomic E-state index is 0. The smallest absolute Gasteiger partial charge is 0.370 e. The third-order valence-electron chi connectivity index (χ3n) is 18.3. The number of unbranched alkanes of at least 4 members (excludes halogenated alkanes) is 1. The summed E-state index contributed by atoms with van der Waals surface area (Å²) < 4.78 is 34.7. The molecule has 0 unspecified atom stereocenters. The zero-order valence-electron chi connectivity index (χ0n) is 70.8. The summed E-state index contributed by atoms with van der Waals surface area (Å²) in [6.45, 7) is 22.6. The molecule has 0 aromatic heterocycles. The molecule has 3 fully saturated rings. The number of nitrogens with zero attached hydrogens (tertiary/aromatic N) is 4. The van der Waals surface area contributed by atoms with E-state index in [1.807, 2.05) is 96.1 Å². The van der Waals surface area contributed by atoms with Gasteiger partial charge in [0, 0.05) is 126 Å². The van der Waals surface area contributed by atoms with Crippen LogP contribution in [0.5, 0.6) is 0 Å². The Kier molecular flexibility index (Phi) is 52.5. The number of rotatable bonds is 26. The van der Waals surface area contributed by atoms with E-state index in [1.165, 1.54) is 123 Å². The number of hydrogen-bond donors (Lipinski definition) is 0. The number of halogens is 2. The van der Waals surface area contributed by atoms with Gasteiger partial charge < -0.3 is 53.1 Å². The van der Waals surface area contributed by atoms with Gasteiger partial charge in [-0.2, -0.15) is 6.42 Å². The number of hydrogen-bond acceptors (Lipinski definition) is 10. The first kappa shape index (κ1) is 102. The summed E-state index contributed by atoms with van der Waals surface area (Å²) in [4.78, 5) is 8.99. The first-order valence-electron chi connectivity index (χ1n) is 41.4.